The Morgan fingerprint density at radius 2 is 1.72 bits per heavy atom. The van der Waals surface area contributed by atoms with E-state index >= 15 is 0 Å². The molecule has 1 aromatic carbocycles. The Labute approximate surface area is 169 Å². The number of ether oxygens (including phenoxy) is 1. The van der Waals surface area contributed by atoms with E-state index in [0.29, 0.717) is 12.1 Å². The number of tetrazole rings is 1. The quantitative estimate of drug-likeness (QED) is 0.753. The summed E-state index contributed by atoms with van der Waals surface area (Å²) in [6.45, 7) is 0.466. The Balaban J connectivity index is 1.11. The molecule has 6 rings (SSSR count). The van der Waals surface area contributed by atoms with Crippen molar-refractivity contribution in [3.8, 4) is 5.69 Å². The van der Waals surface area contributed by atoms with E-state index in [2.05, 4.69) is 20.8 Å². The van der Waals surface area contributed by atoms with E-state index in [4.69, 9.17) is 4.74 Å². The molecule has 4 aliphatic rings. The molecule has 1 amide bonds. The molecule has 29 heavy (non-hydrogen) atoms. The van der Waals surface area contributed by atoms with Crippen LogP contribution in [0.3, 0.4) is 0 Å². The zero-order chi connectivity index (χ0) is 19.8. The van der Waals surface area contributed by atoms with E-state index in [-0.39, 0.29) is 17.9 Å². The summed E-state index contributed by atoms with van der Waals surface area (Å²) in [5, 5.41) is 14.0. The summed E-state index contributed by atoms with van der Waals surface area (Å²) in [7, 11) is 0. The van der Waals surface area contributed by atoms with Crippen molar-refractivity contribution in [2.45, 2.75) is 38.5 Å². The lowest BCUT2D eigenvalue weighted by atomic mass is 9.49. The molecule has 0 radical (unpaired) electrons. The molecule has 1 aromatic heterocycles. The normalized spacial score (nSPS) is 29.6. The minimum Gasteiger partial charge on any atom is -0.452 e. The van der Waals surface area contributed by atoms with Crippen LogP contribution in [-0.2, 0) is 9.53 Å². The molecule has 0 unspecified atom stereocenters. The van der Waals surface area contributed by atoms with E-state index in [1.807, 2.05) is 0 Å². The lowest BCUT2D eigenvalue weighted by Crippen LogP contribution is -2.51. The van der Waals surface area contributed by atoms with Crippen LogP contribution in [0, 0.1) is 23.2 Å². The van der Waals surface area contributed by atoms with Gasteiger partial charge in [0.1, 0.15) is 6.33 Å². The van der Waals surface area contributed by atoms with Crippen molar-refractivity contribution in [1.29, 1.82) is 0 Å². The number of carbonyl (C=O) groups is 2. The van der Waals surface area contributed by atoms with Crippen LogP contribution in [0.1, 0.15) is 48.9 Å². The minimum absolute atomic E-state index is 0.223. The molecule has 0 atom stereocenters. The van der Waals surface area contributed by atoms with Crippen molar-refractivity contribution in [2.24, 2.45) is 23.2 Å². The van der Waals surface area contributed by atoms with Gasteiger partial charge in [-0.25, -0.2) is 9.48 Å². The summed E-state index contributed by atoms with van der Waals surface area (Å²) in [6, 6.07) is 6.71. The second kappa shape index (κ2) is 7.24. The van der Waals surface area contributed by atoms with Gasteiger partial charge in [-0.3, -0.25) is 4.79 Å². The number of hydrogen-bond acceptors (Lipinski definition) is 6. The van der Waals surface area contributed by atoms with Crippen LogP contribution in [0.2, 0.25) is 0 Å². The first-order valence-corrected chi connectivity index (χ1v) is 10.4. The Kier molecular flexibility index (Phi) is 4.56. The van der Waals surface area contributed by atoms with Crippen LogP contribution in [0.25, 0.3) is 5.69 Å². The van der Waals surface area contributed by atoms with Crippen molar-refractivity contribution in [3.05, 3.63) is 36.2 Å². The Morgan fingerprint density at radius 1 is 1.07 bits per heavy atom. The van der Waals surface area contributed by atoms with Crippen LogP contribution >= 0.6 is 0 Å². The molecule has 1 N–H and O–H groups in total. The summed E-state index contributed by atoms with van der Waals surface area (Å²) in [5.74, 6) is 1.82. The van der Waals surface area contributed by atoms with E-state index in [1.54, 1.807) is 24.3 Å². The van der Waals surface area contributed by atoms with E-state index < -0.39 is 5.97 Å². The molecular weight excluding hydrogens is 370 g/mol. The number of rotatable bonds is 6. The number of carbonyl (C=O) groups excluding carboxylic acids is 2. The highest BCUT2D eigenvalue weighted by Gasteiger charge is 2.50. The molecule has 4 fully saturated rings. The highest BCUT2D eigenvalue weighted by molar-refractivity contribution is 5.91. The third-order valence-electron chi connectivity index (χ3n) is 6.88. The van der Waals surface area contributed by atoms with E-state index in [1.165, 1.54) is 49.5 Å². The fourth-order valence-electron chi connectivity index (χ4n) is 6.09. The second-order valence-electron chi connectivity index (χ2n) is 9.07. The molecule has 0 saturated heterocycles. The molecule has 4 bridgehead atoms. The predicted octanol–water partition coefficient (Wildman–Crippen LogP) is 2.15. The van der Waals surface area contributed by atoms with Gasteiger partial charge in [-0.1, -0.05) is 0 Å². The Bertz CT molecular complexity index is 858. The lowest BCUT2D eigenvalue weighted by Gasteiger charge is -2.56. The topological polar surface area (TPSA) is 99.0 Å². The third-order valence-corrected chi connectivity index (χ3v) is 6.88. The van der Waals surface area contributed by atoms with Crippen molar-refractivity contribution in [2.75, 3.05) is 13.2 Å². The number of hydrogen-bond donors (Lipinski definition) is 1. The predicted molar refractivity (Wildman–Crippen MR) is 103 cm³/mol. The molecular formula is C21H25N5O3. The van der Waals surface area contributed by atoms with Crippen molar-refractivity contribution in [3.63, 3.8) is 0 Å². The number of nitrogens with one attached hydrogen (secondary N) is 1. The average molecular weight is 395 g/mol. The highest BCUT2D eigenvalue weighted by Crippen LogP contribution is 2.59. The lowest BCUT2D eigenvalue weighted by molar-refractivity contribution is -0.126. The number of esters is 1. The fraction of sp³-hybridized carbons (Fsp3) is 0.571. The maximum atomic E-state index is 12.3. The van der Waals surface area contributed by atoms with Crippen LogP contribution < -0.4 is 5.32 Å². The molecule has 8 heteroatoms. The van der Waals surface area contributed by atoms with Gasteiger partial charge in [-0.15, -0.1) is 5.10 Å². The first kappa shape index (κ1) is 18.3. The van der Waals surface area contributed by atoms with Crippen LogP contribution in [0.4, 0.5) is 0 Å². The molecule has 4 saturated carbocycles. The number of aromatic nitrogens is 4. The van der Waals surface area contributed by atoms with Gasteiger partial charge in [-0.05, 0) is 96.4 Å². The van der Waals surface area contributed by atoms with Crippen molar-refractivity contribution >= 4 is 11.9 Å². The summed E-state index contributed by atoms with van der Waals surface area (Å²) in [5.41, 5.74) is 1.40. The summed E-state index contributed by atoms with van der Waals surface area (Å²) >= 11 is 0. The molecule has 4 aliphatic carbocycles. The summed E-state index contributed by atoms with van der Waals surface area (Å²) < 4.78 is 6.69. The van der Waals surface area contributed by atoms with Gasteiger partial charge in [0, 0.05) is 6.54 Å². The first-order chi connectivity index (χ1) is 14.1. The largest absolute Gasteiger partial charge is 0.452 e. The van der Waals surface area contributed by atoms with Gasteiger partial charge >= 0.3 is 5.97 Å². The third kappa shape index (κ3) is 3.75. The summed E-state index contributed by atoms with van der Waals surface area (Å²) in [4.78, 5) is 24.5. The second-order valence-corrected chi connectivity index (χ2v) is 9.07. The van der Waals surface area contributed by atoms with Crippen molar-refractivity contribution < 1.29 is 14.3 Å². The van der Waals surface area contributed by atoms with Gasteiger partial charge in [0.2, 0.25) is 0 Å². The molecule has 2 aromatic rings. The zero-order valence-corrected chi connectivity index (χ0v) is 16.3. The highest BCUT2D eigenvalue weighted by atomic mass is 16.5. The number of amides is 1. The maximum absolute atomic E-state index is 12.3. The van der Waals surface area contributed by atoms with Crippen LogP contribution in [0.5, 0.6) is 0 Å². The molecule has 1 heterocycles. The smallest absolute Gasteiger partial charge is 0.338 e. The Morgan fingerprint density at radius 3 is 2.31 bits per heavy atom. The van der Waals surface area contributed by atoms with Crippen LogP contribution in [-0.4, -0.2) is 45.2 Å². The number of nitrogens with zero attached hydrogens (tertiary/aromatic N) is 4. The SMILES string of the molecule is O=C(COC(=O)c1ccc(-n2cnnn2)cc1)NCC12CC3CC(CC(C3)C1)C2. The summed E-state index contributed by atoms with van der Waals surface area (Å²) in [6.07, 6.45) is 9.36. The monoisotopic (exact) mass is 395 g/mol. The number of benzene rings is 1. The minimum atomic E-state index is -0.516. The van der Waals surface area contributed by atoms with Gasteiger partial charge in [-0.2, -0.15) is 0 Å². The molecule has 152 valence electrons. The molecule has 8 nitrogen and oxygen atoms in total. The van der Waals surface area contributed by atoms with Gasteiger partial charge in [0.05, 0.1) is 11.3 Å². The first-order valence-electron chi connectivity index (χ1n) is 10.4. The molecule has 0 spiro atoms. The Hall–Kier alpha value is -2.77. The standard InChI is InChI=1S/C21H25N5O3/c27-19(22-12-21-8-14-5-15(9-21)7-16(6-14)10-21)11-29-20(28)17-1-3-18(4-2-17)26-13-23-24-25-26/h1-4,13-16H,5-12H2,(H,22,27). The van der Waals surface area contributed by atoms with E-state index in [0.717, 1.165) is 23.4 Å². The van der Waals surface area contributed by atoms with Gasteiger partial charge in [0.25, 0.3) is 5.91 Å². The van der Waals surface area contributed by atoms with Gasteiger partial charge in [0.15, 0.2) is 6.61 Å². The molecule has 0 aliphatic heterocycles. The van der Waals surface area contributed by atoms with Crippen LogP contribution in [0.15, 0.2) is 30.6 Å². The zero-order valence-electron chi connectivity index (χ0n) is 16.3. The van der Waals surface area contributed by atoms with Gasteiger partial charge < -0.3 is 10.1 Å². The average Bonchev–Trinajstić information content (AvgIpc) is 3.24. The fourth-order valence-corrected chi connectivity index (χ4v) is 6.09. The van der Waals surface area contributed by atoms with Crippen molar-refractivity contribution in [1.82, 2.24) is 25.5 Å². The maximum Gasteiger partial charge on any atom is 0.338 e. The van der Waals surface area contributed by atoms with E-state index in [9.17, 15) is 9.59 Å².